The molecule has 0 spiro atoms. The van der Waals surface area contributed by atoms with Crippen LogP contribution in [0.15, 0.2) is 10.6 Å². The van der Waals surface area contributed by atoms with Crippen molar-refractivity contribution >= 4 is 15.9 Å². The minimum atomic E-state index is -3.34. The first-order valence-corrected chi connectivity index (χ1v) is 14.3. The van der Waals surface area contributed by atoms with Crippen LogP contribution in [0.25, 0.3) is 0 Å². The summed E-state index contributed by atoms with van der Waals surface area (Å²) in [6.45, 7) is 5.75. The van der Waals surface area contributed by atoms with Gasteiger partial charge >= 0.3 is 0 Å². The number of sulfonamides is 1. The van der Waals surface area contributed by atoms with Crippen molar-refractivity contribution in [3.8, 4) is 0 Å². The summed E-state index contributed by atoms with van der Waals surface area (Å²) in [7, 11) is -1.35. The number of amides is 1. The van der Waals surface area contributed by atoms with Crippen LogP contribution in [-0.4, -0.2) is 110 Å². The average Bonchev–Trinajstić information content (AvgIpc) is 3.48. The van der Waals surface area contributed by atoms with E-state index >= 15 is 0 Å². The molecule has 11 heteroatoms. The second kappa shape index (κ2) is 10.2. The molecular formula is C23H37N5O5S. The second-order valence-electron chi connectivity index (χ2n) is 10.3. The molecule has 3 atom stereocenters. The molecule has 0 aromatic carbocycles. The Bertz CT molecular complexity index is 945. The Balaban J connectivity index is 1.10. The van der Waals surface area contributed by atoms with Crippen molar-refractivity contribution in [1.29, 1.82) is 0 Å². The highest BCUT2D eigenvalue weighted by atomic mass is 32.2. The van der Waals surface area contributed by atoms with E-state index in [9.17, 15) is 13.2 Å². The molecule has 4 aliphatic rings. The molecule has 1 aliphatic carbocycles. The summed E-state index contributed by atoms with van der Waals surface area (Å²) in [5.41, 5.74) is 0.324. The molecule has 2 bridgehead atoms. The van der Waals surface area contributed by atoms with Crippen LogP contribution in [0, 0.1) is 0 Å². The molecule has 190 valence electrons. The molecule has 3 aliphatic heterocycles. The molecule has 3 saturated heterocycles. The summed E-state index contributed by atoms with van der Waals surface area (Å²) in [5, 5.41) is 7.00. The molecule has 5 rings (SSSR count). The van der Waals surface area contributed by atoms with Gasteiger partial charge in [-0.1, -0.05) is 5.16 Å². The third kappa shape index (κ3) is 5.64. The number of morpholine rings is 1. The van der Waals surface area contributed by atoms with Crippen LogP contribution in [-0.2, 0) is 14.8 Å². The number of carbonyl (C=O) groups is 1. The van der Waals surface area contributed by atoms with Gasteiger partial charge in [-0.2, -0.15) is 4.31 Å². The lowest BCUT2D eigenvalue weighted by molar-refractivity contribution is 0.0347. The standard InChI is InChI=1S/C23H37N5O5S/c1-26(6-7-27-8-11-32-12-9-27)10-13-34(30,31)28-19-4-5-20(28)15-18(14-19)24-23(29)21-16-22(33-25-21)17-2-3-17/h16-20H,2-15H2,1H3,(H,24,29)/t18?,19-,20+. The molecular weight excluding hydrogens is 458 g/mol. The van der Waals surface area contributed by atoms with E-state index in [1.165, 1.54) is 0 Å². The maximum absolute atomic E-state index is 13.2. The number of hydrogen-bond donors (Lipinski definition) is 1. The van der Waals surface area contributed by atoms with Crippen molar-refractivity contribution in [2.45, 2.75) is 62.6 Å². The van der Waals surface area contributed by atoms with Gasteiger partial charge in [0, 0.05) is 62.8 Å². The maximum atomic E-state index is 13.2. The zero-order chi connectivity index (χ0) is 23.7. The summed E-state index contributed by atoms with van der Waals surface area (Å²) >= 11 is 0. The summed E-state index contributed by atoms with van der Waals surface area (Å²) in [5.74, 6) is 1.12. The quantitative estimate of drug-likeness (QED) is 0.510. The van der Waals surface area contributed by atoms with Crippen molar-refractivity contribution in [1.82, 2.24) is 24.6 Å². The summed E-state index contributed by atoms with van der Waals surface area (Å²) in [6, 6.07) is 1.64. The van der Waals surface area contributed by atoms with E-state index in [0.717, 1.165) is 70.8 Å². The minimum Gasteiger partial charge on any atom is -0.379 e. The van der Waals surface area contributed by atoms with Gasteiger partial charge in [0.2, 0.25) is 10.0 Å². The van der Waals surface area contributed by atoms with Gasteiger partial charge in [-0.15, -0.1) is 0 Å². The van der Waals surface area contributed by atoms with Crippen LogP contribution in [0.5, 0.6) is 0 Å². The molecule has 1 unspecified atom stereocenters. The molecule has 10 nitrogen and oxygen atoms in total. The molecule has 4 heterocycles. The number of rotatable bonds is 10. The van der Waals surface area contributed by atoms with Gasteiger partial charge in [0.15, 0.2) is 5.69 Å². The fraction of sp³-hybridized carbons (Fsp3) is 0.826. The Labute approximate surface area is 202 Å². The van der Waals surface area contributed by atoms with E-state index in [0.29, 0.717) is 31.0 Å². The number of nitrogens with zero attached hydrogens (tertiary/aromatic N) is 4. The normalized spacial score (nSPS) is 28.5. The Kier molecular flexibility index (Phi) is 7.27. The van der Waals surface area contributed by atoms with E-state index in [2.05, 4.69) is 20.3 Å². The predicted molar refractivity (Wildman–Crippen MR) is 126 cm³/mol. The third-order valence-electron chi connectivity index (χ3n) is 7.70. The first kappa shape index (κ1) is 24.2. The van der Waals surface area contributed by atoms with Crippen molar-refractivity contribution in [2.75, 3.05) is 58.7 Å². The van der Waals surface area contributed by atoms with Gasteiger partial charge in [0.25, 0.3) is 5.91 Å². The molecule has 0 radical (unpaired) electrons. The van der Waals surface area contributed by atoms with Crippen molar-refractivity contribution in [3.05, 3.63) is 17.5 Å². The Morgan fingerprint density at radius 2 is 1.85 bits per heavy atom. The Morgan fingerprint density at radius 1 is 1.15 bits per heavy atom. The van der Waals surface area contributed by atoms with Gasteiger partial charge < -0.3 is 19.5 Å². The van der Waals surface area contributed by atoms with E-state index in [1.54, 1.807) is 10.4 Å². The SMILES string of the molecule is CN(CCN1CCOCC1)CCS(=O)(=O)N1[C@@H]2CC[C@H]1CC(NC(=O)c1cc(C3CC3)on1)C2. The molecule has 4 fully saturated rings. The number of fused-ring (bicyclic) bond motifs is 2. The monoisotopic (exact) mass is 495 g/mol. The highest BCUT2D eigenvalue weighted by Gasteiger charge is 2.47. The largest absolute Gasteiger partial charge is 0.379 e. The first-order chi connectivity index (χ1) is 16.4. The van der Waals surface area contributed by atoms with Crippen LogP contribution in [0.3, 0.4) is 0 Å². The number of hydrogen-bond acceptors (Lipinski definition) is 8. The molecule has 34 heavy (non-hydrogen) atoms. The van der Waals surface area contributed by atoms with Crippen LogP contribution >= 0.6 is 0 Å². The zero-order valence-corrected chi connectivity index (χ0v) is 20.8. The van der Waals surface area contributed by atoms with Crippen LogP contribution in [0.2, 0.25) is 0 Å². The van der Waals surface area contributed by atoms with Gasteiger partial charge in [-0.3, -0.25) is 9.69 Å². The highest BCUT2D eigenvalue weighted by Crippen LogP contribution is 2.40. The summed E-state index contributed by atoms with van der Waals surface area (Å²) < 4.78 is 38.9. The molecule has 1 N–H and O–H groups in total. The van der Waals surface area contributed by atoms with Crippen LogP contribution in [0.1, 0.15) is 60.7 Å². The van der Waals surface area contributed by atoms with Crippen molar-refractivity contribution in [3.63, 3.8) is 0 Å². The van der Waals surface area contributed by atoms with Crippen molar-refractivity contribution < 1.29 is 22.5 Å². The Hall–Kier alpha value is -1.53. The van der Waals surface area contributed by atoms with E-state index < -0.39 is 10.0 Å². The number of piperidine rings is 1. The molecule has 1 aromatic heterocycles. The van der Waals surface area contributed by atoms with Gasteiger partial charge in [-0.05, 0) is 45.6 Å². The zero-order valence-electron chi connectivity index (χ0n) is 20.0. The summed E-state index contributed by atoms with van der Waals surface area (Å²) in [6.07, 6.45) is 5.22. The fourth-order valence-electron chi connectivity index (χ4n) is 5.55. The number of ether oxygens (including phenoxy) is 1. The molecule has 1 saturated carbocycles. The fourth-order valence-corrected chi connectivity index (χ4v) is 7.59. The number of aromatic nitrogens is 1. The van der Waals surface area contributed by atoms with Gasteiger partial charge in [-0.25, -0.2) is 8.42 Å². The molecule has 1 aromatic rings. The summed E-state index contributed by atoms with van der Waals surface area (Å²) in [4.78, 5) is 17.1. The van der Waals surface area contributed by atoms with Gasteiger partial charge in [0.1, 0.15) is 5.76 Å². The average molecular weight is 496 g/mol. The van der Waals surface area contributed by atoms with Gasteiger partial charge in [0.05, 0.1) is 19.0 Å². The van der Waals surface area contributed by atoms with Crippen LogP contribution < -0.4 is 5.32 Å². The lowest BCUT2D eigenvalue weighted by atomic mass is 9.99. The molecule has 1 amide bonds. The Morgan fingerprint density at radius 3 is 2.53 bits per heavy atom. The lowest BCUT2D eigenvalue weighted by Crippen LogP contribution is -2.53. The first-order valence-electron chi connectivity index (χ1n) is 12.7. The van der Waals surface area contributed by atoms with Crippen molar-refractivity contribution in [2.24, 2.45) is 0 Å². The van der Waals surface area contributed by atoms with Crippen LogP contribution in [0.4, 0.5) is 0 Å². The number of likely N-dealkylation sites (N-methyl/N-ethyl adjacent to an activating group) is 1. The second-order valence-corrected chi connectivity index (χ2v) is 12.3. The minimum absolute atomic E-state index is 0.0336. The lowest BCUT2D eigenvalue weighted by Gasteiger charge is -2.38. The number of nitrogens with one attached hydrogen (secondary N) is 1. The third-order valence-corrected chi connectivity index (χ3v) is 9.63. The highest BCUT2D eigenvalue weighted by molar-refractivity contribution is 7.89. The predicted octanol–water partition coefficient (Wildman–Crippen LogP) is 0.871. The smallest absolute Gasteiger partial charge is 0.273 e. The maximum Gasteiger partial charge on any atom is 0.273 e. The topological polar surface area (TPSA) is 108 Å². The van der Waals surface area contributed by atoms with E-state index in [-0.39, 0.29) is 29.8 Å². The van der Waals surface area contributed by atoms with E-state index in [4.69, 9.17) is 9.26 Å². The van der Waals surface area contributed by atoms with E-state index in [1.807, 2.05) is 7.05 Å². The number of carbonyl (C=O) groups excluding carboxylic acids is 1.